The lowest BCUT2D eigenvalue weighted by molar-refractivity contribution is -0.142. The van der Waals surface area contributed by atoms with E-state index in [4.69, 9.17) is 5.73 Å². The highest BCUT2D eigenvalue weighted by Gasteiger charge is 2.63. The Balaban J connectivity index is 0.835. The third-order valence-corrected chi connectivity index (χ3v) is 17.1. The number of aromatic nitrogens is 1. The van der Waals surface area contributed by atoms with Crippen LogP contribution in [0.5, 0.6) is 0 Å². The Morgan fingerprint density at radius 1 is 0.889 bits per heavy atom. The molecule has 23 nitrogen and oxygen atoms in total. The number of fused-ring (bicyclic) bond motifs is 3. The Morgan fingerprint density at radius 3 is 2.35 bits per heavy atom. The number of carbonyl (C=O) groups is 10. The summed E-state index contributed by atoms with van der Waals surface area (Å²) in [5.74, 6) is 2.24. The van der Waals surface area contributed by atoms with E-state index in [9.17, 15) is 62.3 Å². The summed E-state index contributed by atoms with van der Waals surface area (Å²) in [7, 11) is -5.07. The fourth-order valence-corrected chi connectivity index (χ4v) is 12.2. The number of H-pyrrole nitrogens is 1. The van der Waals surface area contributed by atoms with Gasteiger partial charge in [-0.05, 0) is 103 Å². The molecule has 10 amide bonds. The summed E-state index contributed by atoms with van der Waals surface area (Å²) in [4.78, 5) is 160. The predicted molar refractivity (Wildman–Crippen MR) is 292 cm³/mol. The highest BCUT2D eigenvalue weighted by Crippen LogP contribution is 2.55. The predicted octanol–water partition coefficient (Wildman–Crippen LogP) is 2.71. The van der Waals surface area contributed by atoms with Crippen LogP contribution >= 0.6 is 7.60 Å². The molecule has 3 unspecified atom stereocenters. The molecular formula is C57H65N10O13P. The quantitative estimate of drug-likeness (QED) is 0.0371. The summed E-state index contributed by atoms with van der Waals surface area (Å²) in [6.07, 6.45) is 4.46. The number of likely N-dealkylation sites (tertiary alicyclic amines) is 2. The molecule has 1 saturated carbocycles. The van der Waals surface area contributed by atoms with Gasteiger partial charge in [0.1, 0.15) is 35.9 Å². The van der Waals surface area contributed by atoms with Gasteiger partial charge in [0.2, 0.25) is 35.4 Å². The van der Waals surface area contributed by atoms with Crippen molar-refractivity contribution in [3.8, 4) is 11.8 Å². The molecule has 3 saturated heterocycles. The van der Waals surface area contributed by atoms with Crippen LogP contribution in [0.25, 0.3) is 10.9 Å². The zero-order chi connectivity index (χ0) is 57.9. The van der Waals surface area contributed by atoms with E-state index in [1.165, 1.54) is 34.1 Å². The van der Waals surface area contributed by atoms with Gasteiger partial charge >= 0.3 is 13.6 Å². The third kappa shape index (κ3) is 12.7. The van der Waals surface area contributed by atoms with Gasteiger partial charge in [0.15, 0.2) is 0 Å². The molecule has 0 bridgehead atoms. The molecule has 1 aromatic heterocycles. The zero-order valence-corrected chi connectivity index (χ0v) is 45.7. The molecule has 24 heteroatoms. The van der Waals surface area contributed by atoms with Crippen molar-refractivity contribution in [2.24, 2.45) is 29.4 Å². The first kappa shape index (κ1) is 57.5. The number of carbonyl (C=O) groups excluding carboxylic acids is 10. The van der Waals surface area contributed by atoms with Gasteiger partial charge in [-0.3, -0.25) is 53.0 Å². The van der Waals surface area contributed by atoms with Crippen LogP contribution in [0.1, 0.15) is 126 Å². The molecule has 5 aliphatic rings. The SMILES string of the molecule is CCCC[C@H](NC(=O)c1cc2cc(C(=O)P(=O)(O)O)ccc2[nH]1)C(=O)N1CC2C([C@H]2C)[C@H]1C(=O)N[C@@H](CNC(N)=O)C(=O)N[C@H](C(=O)N1CCC(CCC#Cc2cccc3c2CN(C2CCC(=O)NC2=O)C3=O)CC1)c1ccccc1. The number of hydrogen-bond acceptors (Lipinski definition) is 11. The fraction of sp³-hybridized carbons (Fsp3) is 0.439. The van der Waals surface area contributed by atoms with Crippen molar-refractivity contribution in [1.29, 1.82) is 0 Å². The second-order valence-electron chi connectivity index (χ2n) is 21.5. The molecule has 4 aromatic rings. The molecule has 81 heavy (non-hydrogen) atoms. The summed E-state index contributed by atoms with van der Waals surface area (Å²) in [6, 6.07) is 12.7. The first-order chi connectivity index (χ1) is 38.7. The molecule has 9 rings (SSSR count). The lowest BCUT2D eigenvalue weighted by Gasteiger charge is -2.35. The minimum absolute atomic E-state index is 0.00962. The van der Waals surface area contributed by atoms with Gasteiger partial charge in [0, 0.05) is 73.2 Å². The topological polar surface area (TPSA) is 340 Å². The minimum Gasteiger partial charge on any atom is -0.352 e. The maximum atomic E-state index is 14.6. The maximum Gasteiger partial charge on any atom is 0.396 e. The summed E-state index contributed by atoms with van der Waals surface area (Å²) < 4.78 is 11.6. The van der Waals surface area contributed by atoms with E-state index in [0.29, 0.717) is 72.8 Å². The molecule has 10 N–H and O–H groups in total. The van der Waals surface area contributed by atoms with Crippen molar-refractivity contribution in [3.63, 3.8) is 0 Å². The van der Waals surface area contributed by atoms with Gasteiger partial charge in [0.05, 0.1) is 0 Å². The zero-order valence-electron chi connectivity index (χ0n) is 44.8. The van der Waals surface area contributed by atoms with Gasteiger partial charge in [-0.1, -0.05) is 74.9 Å². The molecule has 3 aromatic carbocycles. The average molecular weight is 1130 g/mol. The molecule has 0 radical (unpaired) electrons. The highest BCUT2D eigenvalue weighted by atomic mass is 31.2. The Hall–Kier alpha value is -8.19. The number of amides is 10. The number of nitrogens with two attached hydrogens (primary N) is 1. The summed E-state index contributed by atoms with van der Waals surface area (Å²) in [5, 5.41) is 13.4. The minimum atomic E-state index is -5.07. The number of piperidine rings is 3. The van der Waals surface area contributed by atoms with E-state index in [-0.39, 0.29) is 85.0 Å². The Labute approximate surface area is 466 Å². The largest absolute Gasteiger partial charge is 0.396 e. The molecular weight excluding hydrogens is 1060 g/mol. The first-order valence-corrected chi connectivity index (χ1v) is 28.9. The molecule has 8 atom stereocenters. The van der Waals surface area contributed by atoms with E-state index in [1.54, 1.807) is 47.4 Å². The summed E-state index contributed by atoms with van der Waals surface area (Å²) in [5.41, 5.74) is 6.64. The number of nitrogens with one attached hydrogen (secondary N) is 6. The van der Waals surface area contributed by atoms with E-state index < -0.39 is 85.4 Å². The van der Waals surface area contributed by atoms with E-state index in [1.807, 2.05) is 19.9 Å². The van der Waals surface area contributed by atoms with Gasteiger partial charge < -0.3 is 56.5 Å². The van der Waals surface area contributed by atoms with Crippen LogP contribution in [0.4, 0.5) is 4.79 Å². The summed E-state index contributed by atoms with van der Waals surface area (Å²) >= 11 is 0. The van der Waals surface area contributed by atoms with Crippen molar-refractivity contribution in [1.82, 2.24) is 46.3 Å². The number of imide groups is 1. The van der Waals surface area contributed by atoms with Crippen LogP contribution in [0.2, 0.25) is 0 Å². The molecule has 426 valence electrons. The molecule has 4 fully saturated rings. The number of rotatable bonds is 19. The lowest BCUT2D eigenvalue weighted by Crippen LogP contribution is -2.60. The van der Waals surface area contributed by atoms with Gasteiger partial charge in [-0.2, -0.15) is 0 Å². The second-order valence-corrected chi connectivity index (χ2v) is 23.0. The van der Waals surface area contributed by atoms with Crippen molar-refractivity contribution >= 4 is 77.3 Å². The normalized spacial score (nSPS) is 21.6. The van der Waals surface area contributed by atoms with Crippen molar-refractivity contribution in [2.45, 2.75) is 108 Å². The van der Waals surface area contributed by atoms with Crippen LogP contribution in [0.3, 0.4) is 0 Å². The van der Waals surface area contributed by atoms with E-state index in [2.05, 4.69) is 43.4 Å². The third-order valence-electron chi connectivity index (χ3n) is 16.3. The van der Waals surface area contributed by atoms with Gasteiger partial charge in [0.25, 0.3) is 17.3 Å². The van der Waals surface area contributed by atoms with Gasteiger partial charge in [-0.25, -0.2) is 4.79 Å². The van der Waals surface area contributed by atoms with Crippen molar-refractivity contribution in [2.75, 3.05) is 26.2 Å². The van der Waals surface area contributed by atoms with Crippen molar-refractivity contribution < 1.29 is 62.3 Å². The van der Waals surface area contributed by atoms with Crippen LogP contribution < -0.4 is 32.3 Å². The van der Waals surface area contributed by atoms with E-state index in [0.717, 1.165) is 12.0 Å². The first-order valence-electron chi connectivity index (χ1n) is 27.3. The number of hydrogen-bond donors (Lipinski definition) is 9. The Morgan fingerprint density at radius 2 is 1.64 bits per heavy atom. The molecule has 5 heterocycles. The van der Waals surface area contributed by atoms with Crippen LogP contribution in [-0.4, -0.2) is 139 Å². The number of aromatic amines is 1. The van der Waals surface area contributed by atoms with E-state index >= 15 is 0 Å². The smallest absolute Gasteiger partial charge is 0.352 e. The number of primary amides is 1. The van der Waals surface area contributed by atoms with Crippen LogP contribution in [0, 0.1) is 35.5 Å². The standard InChI is InChI=1S/C57H65N10O13P/c1-3-4-17-41(61-49(69)42-27-36-26-35(18-19-40(36)60-42)56(76)81(78,79)80)54(74)67-29-38-31(2)46(38)48(67)52(72)62-43(28-59-57(58)77)50(70)64-47(34-13-6-5-7-14-34)55(75)65-24-22-32(23-25-65)11-8-9-12-33-15-10-16-37-39(33)30-66(53(37)73)44-20-21-45(68)63-51(44)71/h5-7,10,13-16,18-19,26-27,31-32,38,41,43-44,46-48,60H,3-4,8,11,17,20-25,28-30H2,1-2H3,(H,61,69)(H,62,72)(H,64,70)(H3,58,59,77)(H,63,68,71)(H2,78,79,80)/t31-,38?,41-,43-,44?,46?,47-,48-/m0/s1. The molecule has 0 spiro atoms. The monoisotopic (exact) mass is 1130 g/mol. The average Bonchev–Trinajstić information content (AvgIpc) is 3.93. The highest BCUT2D eigenvalue weighted by molar-refractivity contribution is 7.70. The number of nitrogens with zero attached hydrogens (tertiary/aromatic N) is 3. The van der Waals surface area contributed by atoms with Crippen molar-refractivity contribution in [3.05, 3.63) is 106 Å². The molecule has 4 aliphatic heterocycles. The maximum absolute atomic E-state index is 14.6. The van der Waals surface area contributed by atoms with Crippen LogP contribution in [-0.2, 0) is 39.9 Å². The number of urea groups is 1. The number of unbranched alkanes of at least 4 members (excludes halogenated alkanes) is 1. The Kier molecular flexibility index (Phi) is 17.2. The Bertz CT molecular complexity index is 3310. The number of benzene rings is 3. The second kappa shape index (κ2) is 24.3. The molecule has 1 aliphatic carbocycles. The van der Waals surface area contributed by atoms with Gasteiger partial charge in [-0.15, -0.1) is 0 Å². The fourth-order valence-electron chi connectivity index (χ4n) is 11.7. The lowest BCUT2D eigenvalue weighted by atomic mass is 9.91. The van der Waals surface area contributed by atoms with Crippen LogP contribution in [0.15, 0.2) is 72.8 Å². The summed E-state index contributed by atoms with van der Waals surface area (Å²) in [6.45, 7) is 4.61.